The maximum absolute atomic E-state index is 6.71. The molecule has 0 atom stereocenters. The number of nitrogens with one attached hydrogen (secondary N) is 1. The first kappa shape index (κ1) is 76.9. The van der Waals surface area contributed by atoms with Crippen molar-refractivity contribution in [3.8, 4) is 113 Å². The third-order valence-electron chi connectivity index (χ3n) is 27.0. The van der Waals surface area contributed by atoms with Crippen LogP contribution in [0.15, 0.2) is 397 Å². The molecule has 618 valence electrons. The molecule has 4 aliphatic heterocycles. The fourth-order valence-corrected chi connectivity index (χ4v) is 22.6. The number of hydrogen-bond acceptors (Lipinski definition) is 6. The highest BCUT2D eigenvalue weighted by Crippen LogP contribution is 2.61. The van der Waals surface area contributed by atoms with Crippen molar-refractivity contribution in [3.05, 3.63) is 442 Å². The number of benzene rings is 18. The van der Waals surface area contributed by atoms with E-state index in [0.717, 1.165) is 90.4 Å². The van der Waals surface area contributed by atoms with E-state index in [2.05, 4.69) is 396 Å². The highest BCUT2D eigenvalue weighted by molar-refractivity contribution is 9.11. The molecule has 0 radical (unpaired) electrons. The number of hydrogen-bond donors (Lipinski definition) is 2. The largest absolute Gasteiger partial charge is 0.453 e. The van der Waals surface area contributed by atoms with Crippen molar-refractivity contribution >= 4 is 110 Å². The maximum atomic E-state index is 6.71. The minimum atomic E-state index is -0.184. The Morgan fingerprint density at radius 1 is 0.312 bits per heavy atom. The summed E-state index contributed by atoms with van der Waals surface area (Å²) < 4.78 is 36.0. The van der Waals surface area contributed by atoms with Crippen molar-refractivity contribution in [2.45, 2.75) is 64.2 Å². The Morgan fingerprint density at radius 3 is 1.31 bits per heavy atom. The van der Waals surface area contributed by atoms with E-state index in [1.807, 2.05) is 84.9 Å². The summed E-state index contributed by atoms with van der Waals surface area (Å²) in [6, 6.07) is 137. The Morgan fingerprint density at radius 2 is 0.719 bits per heavy atom. The van der Waals surface area contributed by atoms with Crippen molar-refractivity contribution in [1.82, 2.24) is 9.13 Å². The van der Waals surface area contributed by atoms with Gasteiger partial charge in [0.2, 0.25) is 0 Å². The maximum Gasteiger partial charge on any atom is 0.155 e. The van der Waals surface area contributed by atoms with Crippen LogP contribution in [0.1, 0.15) is 89.0 Å². The summed E-state index contributed by atoms with van der Waals surface area (Å²) in [6.07, 6.45) is 0.897. The molecule has 0 amide bonds. The van der Waals surface area contributed by atoms with Crippen molar-refractivity contribution < 1.29 is 17.2 Å². The molecule has 27 rings (SSSR count). The minimum absolute atomic E-state index is 0.0144. The van der Waals surface area contributed by atoms with Gasteiger partial charge in [-0.1, -0.05) is 359 Å². The number of rotatable bonds is 8. The van der Waals surface area contributed by atoms with Gasteiger partial charge in [0, 0.05) is 78.9 Å². The predicted octanol–water partition coefficient (Wildman–Crippen LogP) is 33.3. The van der Waals surface area contributed by atoms with Gasteiger partial charge in [0.05, 0.1) is 39.1 Å². The van der Waals surface area contributed by atoms with Gasteiger partial charge in [-0.05, 0) is 214 Å². The average molecular weight is 1790 g/mol. The molecular formula is C118H89Br2N5O3. The Balaban J connectivity index is 0.000000104. The first-order chi connectivity index (χ1) is 63.5. The molecule has 18 aromatic carbocycles. The number of fused-ring (bicyclic) bond motifs is 11. The van der Waals surface area contributed by atoms with Crippen molar-refractivity contribution in [1.29, 1.82) is 0 Å². The quantitative estimate of drug-likeness (QED) is 0.148. The number of ether oxygens (including phenoxy) is 3. The second-order valence-corrected chi connectivity index (χ2v) is 37.2. The average Bonchev–Trinajstić information content (AvgIpc) is 1.52. The van der Waals surface area contributed by atoms with Crippen LogP contribution < -0.4 is 30.2 Å². The van der Waals surface area contributed by atoms with E-state index < -0.39 is 0 Å². The van der Waals surface area contributed by atoms with Crippen LogP contribution in [0.25, 0.3) is 122 Å². The first-order valence-electron chi connectivity index (χ1n) is 44.8. The molecule has 20 aromatic rings. The molecule has 0 saturated carbocycles. The third kappa shape index (κ3) is 12.6. The molecule has 0 unspecified atom stereocenters. The van der Waals surface area contributed by atoms with E-state index in [4.69, 9.17) is 22.9 Å². The predicted molar refractivity (Wildman–Crippen MR) is 539 cm³/mol. The van der Waals surface area contributed by atoms with Gasteiger partial charge in [0.15, 0.2) is 34.5 Å². The zero-order valence-electron chi connectivity index (χ0n) is 73.6. The number of para-hydroxylation sites is 4. The number of aromatic nitrogens is 2. The van der Waals surface area contributed by atoms with E-state index >= 15 is 0 Å². The van der Waals surface area contributed by atoms with Crippen LogP contribution in [-0.2, 0) is 22.7 Å². The summed E-state index contributed by atoms with van der Waals surface area (Å²) in [5.74, 6) is 5.27. The normalized spacial score (nSPS) is 13.8. The molecule has 0 bridgehead atoms. The molecular weight excluding hydrogens is 1700 g/mol. The second-order valence-electron chi connectivity index (χ2n) is 35.5. The summed E-state index contributed by atoms with van der Waals surface area (Å²) in [6.45, 7) is 14.0. The van der Waals surface area contributed by atoms with E-state index in [9.17, 15) is 0 Å². The SMILES string of the molecule is Brc1ccc2c3c1c1cccc4c1n3-c1c(cccc1O2)O4.CC1(C)c2ccccc2-c2cccc(Br)c21.CC1(C)c2ccccc2-c2cccc(N(c3ccc(-c4ccccc4)cc3)c3ccc4c5c3c3cccc6c3n5-c3c(cccc3O4)C6)c21.CC1(C)c2ccccc2-c2cccc(Nc3ccc(-c4ccccc4)cc3)c21.Nc1ccc(-c2ccccc2)cc1.[3H][3H]. The van der Waals surface area contributed by atoms with Crippen LogP contribution in [0.4, 0.5) is 34.1 Å². The molecule has 7 aliphatic rings. The van der Waals surface area contributed by atoms with E-state index in [1.165, 1.54) is 160 Å². The Bertz CT molecular complexity index is 7870. The monoisotopic (exact) mass is 1790 g/mol. The highest BCUT2D eigenvalue weighted by Gasteiger charge is 2.43. The van der Waals surface area contributed by atoms with Crippen LogP contribution in [-0.4, -0.2) is 9.13 Å². The number of nitrogen functional groups attached to an aromatic ring is 1. The topological polar surface area (TPSA) is 78.8 Å². The lowest BCUT2D eigenvalue weighted by atomic mass is 9.81. The zero-order chi connectivity index (χ0) is 88.4. The fraction of sp³-hybridized carbons (Fsp3) is 0.0847. The summed E-state index contributed by atoms with van der Waals surface area (Å²) in [5.41, 5.74) is 45.3. The molecule has 0 saturated heterocycles. The second kappa shape index (κ2) is 30.6. The van der Waals surface area contributed by atoms with Crippen molar-refractivity contribution in [3.63, 3.8) is 0 Å². The van der Waals surface area contributed by atoms with Crippen LogP contribution in [0.3, 0.4) is 0 Å². The van der Waals surface area contributed by atoms with Crippen molar-refractivity contribution in [2.75, 3.05) is 16.0 Å². The summed E-state index contributed by atoms with van der Waals surface area (Å²) in [5, 5.41) is 8.49. The lowest BCUT2D eigenvalue weighted by molar-refractivity contribution is 0.444. The van der Waals surface area contributed by atoms with Gasteiger partial charge >= 0.3 is 0 Å². The first-order valence-corrected chi connectivity index (χ1v) is 45.4. The summed E-state index contributed by atoms with van der Waals surface area (Å²) in [4.78, 5) is 2.51. The lowest BCUT2D eigenvalue weighted by Crippen LogP contribution is -2.21. The molecule has 0 spiro atoms. The number of nitrogens with zero attached hydrogens (tertiary/aromatic N) is 3. The van der Waals surface area contributed by atoms with E-state index in [-0.39, 0.29) is 16.2 Å². The summed E-state index contributed by atoms with van der Waals surface area (Å²) >= 11 is 7.37. The van der Waals surface area contributed by atoms with Crippen molar-refractivity contribution in [2.24, 2.45) is 0 Å². The lowest BCUT2D eigenvalue weighted by Gasteiger charge is -2.33. The molecule has 6 heterocycles. The van der Waals surface area contributed by atoms with Gasteiger partial charge in [-0.2, -0.15) is 0 Å². The summed E-state index contributed by atoms with van der Waals surface area (Å²) in [7, 11) is 0. The van der Waals surface area contributed by atoms with Gasteiger partial charge < -0.3 is 34.7 Å². The molecule has 128 heavy (non-hydrogen) atoms. The van der Waals surface area contributed by atoms with Gasteiger partial charge in [0.25, 0.3) is 0 Å². The Hall–Kier alpha value is -14.7. The van der Waals surface area contributed by atoms with Crippen LogP contribution in [0, 0.1) is 0 Å². The minimum Gasteiger partial charge on any atom is -0.453 e. The van der Waals surface area contributed by atoms with Gasteiger partial charge in [-0.25, -0.2) is 0 Å². The number of anilines is 6. The van der Waals surface area contributed by atoms with E-state index in [1.54, 1.807) is 0 Å². The van der Waals surface area contributed by atoms with Gasteiger partial charge in [-0.15, -0.1) is 0 Å². The van der Waals surface area contributed by atoms with Gasteiger partial charge in [0.1, 0.15) is 5.69 Å². The Labute approximate surface area is 764 Å². The van der Waals surface area contributed by atoms with Crippen LogP contribution in [0.5, 0.6) is 34.5 Å². The van der Waals surface area contributed by atoms with Crippen LogP contribution in [0.2, 0.25) is 0 Å². The number of halogens is 2. The van der Waals surface area contributed by atoms with Crippen LogP contribution >= 0.6 is 31.9 Å². The van der Waals surface area contributed by atoms with Gasteiger partial charge in [-0.3, -0.25) is 4.57 Å². The smallest absolute Gasteiger partial charge is 0.155 e. The molecule has 8 nitrogen and oxygen atoms in total. The standard InChI is InChI=1S/C46H32N2O.C27H23N.C18H8BrNO2.C15H13Br.C12H11N.H2/c1-46(2)36-18-7-6-15-33(36)34-16-10-19-38(42(34)46)47(32-23-21-29(22-24-32)28-11-4-3-5-12-28)37-25-26-40-45-41(37)35-17-8-13-30-27-31-14-9-20-39(49-40)44(31)48(45)43(30)35;1-27(2)24-13-7-6-11-22(24)23-12-8-14-25(26(23)27)28-21-17-15-20(16-18-21)19-9-4-3-5-10-19;19-10-7-8-14-18-15(10)9-3-1-4-11-16(9)20(18)17-12(21-11)5-2-6-13(17)22-14;1-15(2)12-8-4-3-6-10(12)11-7-5-9-13(16)14(11)15;13-12-8-6-11(7-9-12)10-4-2-1-3-5-10;/h3-26H,27H2,1-2H3;3-18,28H,1-2H3;1-8H;3-9H,1-2H3;1-9H,13H2;1H/i;;;;;1+2T. The number of nitrogens with two attached hydrogens (primary N) is 1. The molecule has 3 aliphatic carbocycles. The fourth-order valence-electron chi connectivity index (χ4n) is 21.2. The molecule has 10 heteroatoms. The third-order valence-corrected chi connectivity index (χ3v) is 28.3. The Kier molecular flexibility index (Phi) is 18.4. The molecule has 3 N–H and O–H groups in total. The molecule has 2 aromatic heterocycles. The molecule has 0 fully saturated rings. The zero-order valence-corrected chi connectivity index (χ0v) is 74.7. The van der Waals surface area contributed by atoms with E-state index in [0.29, 0.717) is 0 Å². The highest BCUT2D eigenvalue weighted by atomic mass is 79.9.